The van der Waals surface area contributed by atoms with Gasteiger partial charge in [0.05, 0.1) is 11.5 Å². The summed E-state index contributed by atoms with van der Waals surface area (Å²) in [5.41, 5.74) is 6.29. The lowest BCUT2D eigenvalue weighted by Gasteiger charge is -2.20. The van der Waals surface area contributed by atoms with Crippen LogP contribution in [0.25, 0.3) is 0 Å². The van der Waals surface area contributed by atoms with Gasteiger partial charge in [-0.15, -0.1) is 0 Å². The number of rotatable bonds is 7. The maximum absolute atomic E-state index is 11.9. The summed E-state index contributed by atoms with van der Waals surface area (Å²) in [4.78, 5) is 14.3. The number of carbonyl (C=O) groups excluding carboxylic acids is 1. The number of halogens is 1. The molecule has 0 radical (unpaired) electrons. The number of hydrogen-bond acceptors (Lipinski definition) is 3. The number of benzene rings is 1. The van der Waals surface area contributed by atoms with Gasteiger partial charge in [0.1, 0.15) is 0 Å². The highest BCUT2D eigenvalue weighted by atomic mass is 79.9. The lowest BCUT2D eigenvalue weighted by Crippen LogP contribution is -2.39. The van der Waals surface area contributed by atoms with Crippen molar-refractivity contribution >= 4 is 44.7 Å². The van der Waals surface area contributed by atoms with Crippen molar-refractivity contribution in [3.8, 4) is 0 Å². The molecule has 1 aromatic carbocycles. The zero-order chi connectivity index (χ0) is 14.3. The smallest absolute Gasteiger partial charge is 0.238 e. The Bertz CT molecular complexity index is 453. The predicted octanol–water partition coefficient (Wildman–Crippen LogP) is 2.39. The SMILES string of the molecule is CCCN(CC(=O)Nc1cccc(Br)c1)CC(N)=S. The molecule has 1 rings (SSSR count). The lowest BCUT2D eigenvalue weighted by atomic mass is 10.3. The molecule has 104 valence electrons. The third-order valence-corrected chi connectivity index (χ3v) is 3.02. The zero-order valence-corrected chi connectivity index (χ0v) is 13.3. The fourth-order valence-corrected chi connectivity index (χ4v) is 2.30. The predicted molar refractivity (Wildman–Crippen MR) is 86.3 cm³/mol. The van der Waals surface area contributed by atoms with Gasteiger partial charge in [0.2, 0.25) is 5.91 Å². The van der Waals surface area contributed by atoms with Crippen molar-refractivity contribution in [2.24, 2.45) is 5.73 Å². The van der Waals surface area contributed by atoms with Crippen LogP contribution in [0.4, 0.5) is 5.69 Å². The molecule has 0 aliphatic carbocycles. The van der Waals surface area contributed by atoms with Gasteiger partial charge >= 0.3 is 0 Å². The monoisotopic (exact) mass is 343 g/mol. The van der Waals surface area contributed by atoms with Crippen molar-refractivity contribution in [3.05, 3.63) is 28.7 Å². The molecule has 0 fully saturated rings. The molecule has 0 saturated heterocycles. The molecule has 19 heavy (non-hydrogen) atoms. The van der Waals surface area contributed by atoms with E-state index in [9.17, 15) is 4.79 Å². The van der Waals surface area contributed by atoms with Crippen molar-refractivity contribution in [3.63, 3.8) is 0 Å². The molecular formula is C13H18BrN3OS. The number of nitrogens with zero attached hydrogens (tertiary/aromatic N) is 1. The van der Waals surface area contributed by atoms with Crippen molar-refractivity contribution in [1.82, 2.24) is 4.90 Å². The Morgan fingerprint density at radius 1 is 1.47 bits per heavy atom. The lowest BCUT2D eigenvalue weighted by molar-refractivity contribution is -0.117. The standard InChI is InChI=1S/C13H18BrN3OS/c1-2-6-17(8-12(15)19)9-13(18)16-11-5-3-4-10(14)7-11/h3-5,7H,2,6,8-9H2,1H3,(H2,15,19)(H,16,18). The number of amides is 1. The molecule has 1 aromatic rings. The summed E-state index contributed by atoms with van der Waals surface area (Å²) >= 11 is 8.25. The molecule has 0 heterocycles. The Labute approximate surface area is 127 Å². The quantitative estimate of drug-likeness (QED) is 0.746. The molecule has 0 atom stereocenters. The fraction of sp³-hybridized carbons (Fsp3) is 0.385. The fourth-order valence-electron chi connectivity index (χ4n) is 1.72. The molecule has 0 aliphatic heterocycles. The van der Waals surface area contributed by atoms with Crippen LogP contribution in [0.15, 0.2) is 28.7 Å². The van der Waals surface area contributed by atoms with Gasteiger partial charge in [0.15, 0.2) is 0 Å². The van der Waals surface area contributed by atoms with Gasteiger partial charge in [-0.05, 0) is 31.2 Å². The molecule has 0 aromatic heterocycles. The second kappa shape index (κ2) is 8.24. The molecule has 0 aliphatic rings. The normalized spacial score (nSPS) is 10.5. The first-order chi connectivity index (χ1) is 9.01. The van der Waals surface area contributed by atoms with Gasteiger partial charge < -0.3 is 11.1 Å². The summed E-state index contributed by atoms with van der Waals surface area (Å²) in [6, 6.07) is 7.49. The zero-order valence-electron chi connectivity index (χ0n) is 10.9. The summed E-state index contributed by atoms with van der Waals surface area (Å²) in [5, 5.41) is 2.85. The topological polar surface area (TPSA) is 58.4 Å². The van der Waals surface area contributed by atoms with Gasteiger partial charge in [0, 0.05) is 16.7 Å². The van der Waals surface area contributed by atoms with Crippen molar-refractivity contribution in [2.45, 2.75) is 13.3 Å². The Balaban J connectivity index is 2.54. The third kappa shape index (κ3) is 6.66. The molecule has 3 N–H and O–H groups in total. The number of carbonyl (C=O) groups is 1. The summed E-state index contributed by atoms with van der Waals surface area (Å²) < 4.78 is 0.929. The van der Waals surface area contributed by atoms with E-state index in [0.29, 0.717) is 11.5 Å². The van der Waals surface area contributed by atoms with Crippen LogP contribution < -0.4 is 11.1 Å². The van der Waals surface area contributed by atoms with E-state index in [4.69, 9.17) is 18.0 Å². The van der Waals surface area contributed by atoms with Crippen molar-refractivity contribution in [1.29, 1.82) is 0 Å². The minimum atomic E-state index is -0.0669. The van der Waals surface area contributed by atoms with E-state index in [1.165, 1.54) is 0 Å². The first-order valence-electron chi connectivity index (χ1n) is 6.07. The number of thiocarbonyl (C=S) groups is 1. The van der Waals surface area contributed by atoms with Crippen LogP contribution in [0.2, 0.25) is 0 Å². The van der Waals surface area contributed by atoms with Crippen LogP contribution in [-0.4, -0.2) is 35.4 Å². The number of anilines is 1. The Morgan fingerprint density at radius 2 is 2.21 bits per heavy atom. The largest absolute Gasteiger partial charge is 0.392 e. The van der Waals surface area contributed by atoms with E-state index in [1.54, 1.807) is 0 Å². The molecule has 0 bridgehead atoms. The van der Waals surface area contributed by atoms with E-state index >= 15 is 0 Å². The van der Waals surface area contributed by atoms with Crippen molar-refractivity contribution < 1.29 is 4.79 Å². The van der Waals surface area contributed by atoms with E-state index < -0.39 is 0 Å². The van der Waals surface area contributed by atoms with E-state index in [0.717, 1.165) is 23.1 Å². The Morgan fingerprint density at radius 3 is 2.79 bits per heavy atom. The highest BCUT2D eigenvalue weighted by Crippen LogP contribution is 2.15. The average molecular weight is 344 g/mol. The van der Waals surface area contributed by atoms with Gasteiger partial charge in [-0.3, -0.25) is 9.69 Å². The maximum atomic E-state index is 11.9. The van der Waals surface area contributed by atoms with E-state index in [-0.39, 0.29) is 12.5 Å². The molecule has 0 saturated carbocycles. The summed E-state index contributed by atoms with van der Waals surface area (Å²) in [6.07, 6.45) is 0.951. The molecule has 0 spiro atoms. The van der Waals surface area contributed by atoms with Gasteiger partial charge in [-0.1, -0.05) is 41.1 Å². The molecule has 1 amide bonds. The summed E-state index contributed by atoms with van der Waals surface area (Å²) in [5.74, 6) is -0.0669. The first-order valence-corrected chi connectivity index (χ1v) is 7.27. The van der Waals surface area contributed by atoms with Crippen LogP contribution in [0.1, 0.15) is 13.3 Å². The second-order valence-electron chi connectivity index (χ2n) is 4.24. The van der Waals surface area contributed by atoms with Crippen LogP contribution in [0, 0.1) is 0 Å². The number of hydrogen-bond donors (Lipinski definition) is 2. The Kier molecular flexibility index (Phi) is 6.97. The molecule has 6 heteroatoms. The van der Waals surface area contributed by atoms with Crippen LogP contribution in [-0.2, 0) is 4.79 Å². The van der Waals surface area contributed by atoms with Crippen LogP contribution in [0.5, 0.6) is 0 Å². The Hall–Kier alpha value is -0.980. The highest BCUT2D eigenvalue weighted by Gasteiger charge is 2.11. The minimum Gasteiger partial charge on any atom is -0.392 e. The molecule has 0 unspecified atom stereocenters. The van der Waals surface area contributed by atoms with E-state index in [2.05, 4.69) is 28.2 Å². The van der Waals surface area contributed by atoms with Gasteiger partial charge in [-0.25, -0.2) is 0 Å². The summed E-state index contributed by atoms with van der Waals surface area (Å²) in [7, 11) is 0. The summed E-state index contributed by atoms with van der Waals surface area (Å²) in [6.45, 7) is 3.61. The van der Waals surface area contributed by atoms with Gasteiger partial charge in [0.25, 0.3) is 0 Å². The molecular weight excluding hydrogens is 326 g/mol. The highest BCUT2D eigenvalue weighted by molar-refractivity contribution is 9.10. The van der Waals surface area contributed by atoms with Crippen LogP contribution >= 0.6 is 28.1 Å². The number of nitrogens with one attached hydrogen (secondary N) is 1. The first kappa shape index (κ1) is 16.1. The van der Waals surface area contributed by atoms with Crippen molar-refractivity contribution in [2.75, 3.05) is 25.0 Å². The molecule has 4 nitrogen and oxygen atoms in total. The van der Waals surface area contributed by atoms with Gasteiger partial charge in [-0.2, -0.15) is 0 Å². The maximum Gasteiger partial charge on any atom is 0.238 e. The minimum absolute atomic E-state index is 0.0669. The van der Waals surface area contributed by atoms with Crippen LogP contribution in [0.3, 0.4) is 0 Å². The second-order valence-corrected chi connectivity index (χ2v) is 5.68. The third-order valence-electron chi connectivity index (χ3n) is 2.39. The number of nitrogens with two attached hydrogens (primary N) is 1. The average Bonchev–Trinajstić information content (AvgIpc) is 2.27. The van der Waals surface area contributed by atoms with E-state index in [1.807, 2.05) is 29.2 Å².